The lowest BCUT2D eigenvalue weighted by Gasteiger charge is -2.39. The zero-order chi connectivity index (χ0) is 14.9. The Hall–Kier alpha value is -1.62. The highest BCUT2D eigenvalue weighted by atomic mass is 19.1. The molecule has 1 aromatic rings. The van der Waals surface area contributed by atoms with Crippen LogP contribution in [0, 0.1) is 18.2 Å². The first-order valence-electron chi connectivity index (χ1n) is 7.48. The third-order valence-electron chi connectivity index (χ3n) is 4.50. The van der Waals surface area contributed by atoms with Crippen LogP contribution in [0.1, 0.15) is 24.8 Å². The summed E-state index contributed by atoms with van der Waals surface area (Å²) in [6.07, 6.45) is 3.10. The van der Waals surface area contributed by atoms with Crippen molar-refractivity contribution in [2.75, 3.05) is 31.6 Å². The highest BCUT2D eigenvalue weighted by Gasteiger charge is 2.40. The molecule has 4 nitrogen and oxygen atoms in total. The van der Waals surface area contributed by atoms with Gasteiger partial charge in [-0.3, -0.25) is 0 Å². The van der Waals surface area contributed by atoms with Crippen molar-refractivity contribution in [3.8, 4) is 0 Å². The van der Waals surface area contributed by atoms with E-state index in [0.29, 0.717) is 6.54 Å². The molecule has 2 amide bonds. The summed E-state index contributed by atoms with van der Waals surface area (Å²) < 4.78 is 19.2. The summed E-state index contributed by atoms with van der Waals surface area (Å²) in [6.45, 7) is 4.81. The molecule has 21 heavy (non-hydrogen) atoms. The third kappa shape index (κ3) is 3.02. The van der Waals surface area contributed by atoms with Gasteiger partial charge in [0.15, 0.2) is 0 Å². The van der Waals surface area contributed by atoms with Crippen molar-refractivity contribution in [2.24, 2.45) is 5.41 Å². The van der Waals surface area contributed by atoms with Gasteiger partial charge in [0.1, 0.15) is 5.82 Å². The molecule has 2 aliphatic rings. The lowest BCUT2D eigenvalue weighted by Crippen LogP contribution is -2.48. The van der Waals surface area contributed by atoms with Crippen molar-refractivity contribution in [3.63, 3.8) is 0 Å². The number of likely N-dealkylation sites (tertiary alicyclic amines) is 1. The molecule has 1 aromatic carbocycles. The van der Waals surface area contributed by atoms with Crippen molar-refractivity contribution in [3.05, 3.63) is 29.6 Å². The molecular formula is C16H21FN2O2. The van der Waals surface area contributed by atoms with E-state index in [1.807, 2.05) is 6.92 Å². The number of amides is 2. The summed E-state index contributed by atoms with van der Waals surface area (Å²) in [7, 11) is 0. The Labute approximate surface area is 124 Å². The topological polar surface area (TPSA) is 41.6 Å². The van der Waals surface area contributed by atoms with Gasteiger partial charge < -0.3 is 15.0 Å². The van der Waals surface area contributed by atoms with Crippen LogP contribution in [0.15, 0.2) is 18.2 Å². The van der Waals surface area contributed by atoms with Crippen LogP contribution in [0.2, 0.25) is 0 Å². The van der Waals surface area contributed by atoms with Crippen LogP contribution in [0.3, 0.4) is 0 Å². The second-order valence-electron chi connectivity index (χ2n) is 6.24. The quantitative estimate of drug-likeness (QED) is 0.864. The Balaban J connectivity index is 1.68. The highest BCUT2D eigenvalue weighted by molar-refractivity contribution is 5.89. The number of aryl methyl sites for hydroxylation is 1. The van der Waals surface area contributed by atoms with Crippen LogP contribution in [0.4, 0.5) is 14.9 Å². The highest BCUT2D eigenvalue weighted by Crippen LogP contribution is 2.37. The first-order chi connectivity index (χ1) is 10.1. The van der Waals surface area contributed by atoms with Crippen LogP contribution >= 0.6 is 0 Å². The monoisotopic (exact) mass is 292 g/mol. The maximum atomic E-state index is 13.7. The summed E-state index contributed by atoms with van der Waals surface area (Å²) in [6, 6.07) is 4.51. The molecule has 5 heteroatoms. The largest absolute Gasteiger partial charge is 0.381 e. The minimum Gasteiger partial charge on any atom is -0.381 e. The van der Waals surface area contributed by atoms with Crippen LogP contribution in [-0.2, 0) is 4.74 Å². The van der Waals surface area contributed by atoms with E-state index in [0.717, 1.165) is 44.6 Å². The fourth-order valence-electron chi connectivity index (χ4n) is 3.28. The summed E-state index contributed by atoms with van der Waals surface area (Å²) in [4.78, 5) is 14.2. The lowest BCUT2D eigenvalue weighted by atomic mass is 9.79. The minimum absolute atomic E-state index is 0.112. The van der Waals surface area contributed by atoms with Crippen LogP contribution in [-0.4, -0.2) is 37.2 Å². The molecule has 1 atom stereocenters. The van der Waals surface area contributed by atoms with Crippen molar-refractivity contribution < 1.29 is 13.9 Å². The fraction of sp³-hybridized carbons (Fsp3) is 0.562. The Bertz CT molecular complexity index is 541. The van der Waals surface area contributed by atoms with E-state index in [9.17, 15) is 9.18 Å². The number of piperidine rings is 1. The number of urea groups is 1. The predicted octanol–water partition coefficient (Wildman–Crippen LogP) is 3.17. The van der Waals surface area contributed by atoms with Crippen molar-refractivity contribution in [1.82, 2.24) is 4.90 Å². The molecule has 1 N–H and O–H groups in total. The summed E-state index contributed by atoms with van der Waals surface area (Å²) >= 11 is 0. The summed E-state index contributed by atoms with van der Waals surface area (Å²) in [5.74, 6) is -0.398. The van der Waals surface area contributed by atoms with E-state index < -0.39 is 5.82 Å². The maximum Gasteiger partial charge on any atom is 0.321 e. The van der Waals surface area contributed by atoms with Gasteiger partial charge in [0.25, 0.3) is 0 Å². The summed E-state index contributed by atoms with van der Waals surface area (Å²) in [5, 5.41) is 2.70. The average molecular weight is 292 g/mol. The number of ether oxygens (including phenoxy) is 1. The Morgan fingerprint density at radius 3 is 3.05 bits per heavy atom. The zero-order valence-electron chi connectivity index (χ0n) is 12.3. The van der Waals surface area contributed by atoms with Gasteiger partial charge in [-0.15, -0.1) is 0 Å². The Morgan fingerprint density at radius 1 is 1.43 bits per heavy atom. The van der Waals surface area contributed by atoms with E-state index in [1.54, 1.807) is 17.0 Å². The Morgan fingerprint density at radius 2 is 2.29 bits per heavy atom. The molecule has 0 saturated carbocycles. The molecule has 0 aromatic heterocycles. The average Bonchev–Trinajstić information content (AvgIpc) is 2.91. The molecule has 1 unspecified atom stereocenters. The van der Waals surface area contributed by atoms with E-state index in [4.69, 9.17) is 4.74 Å². The molecule has 2 heterocycles. The smallest absolute Gasteiger partial charge is 0.321 e. The van der Waals surface area contributed by atoms with Crippen molar-refractivity contribution in [1.29, 1.82) is 0 Å². The van der Waals surface area contributed by atoms with E-state index in [1.165, 1.54) is 6.07 Å². The summed E-state index contributed by atoms with van der Waals surface area (Å²) in [5.41, 5.74) is 1.29. The molecule has 0 radical (unpaired) electrons. The number of anilines is 1. The van der Waals surface area contributed by atoms with Gasteiger partial charge in [0.05, 0.1) is 12.3 Å². The van der Waals surface area contributed by atoms with Crippen LogP contribution in [0.5, 0.6) is 0 Å². The number of carbonyl (C=O) groups excluding carboxylic acids is 1. The molecular weight excluding hydrogens is 271 g/mol. The van der Waals surface area contributed by atoms with E-state index >= 15 is 0 Å². The van der Waals surface area contributed by atoms with E-state index in [-0.39, 0.29) is 17.1 Å². The fourth-order valence-corrected chi connectivity index (χ4v) is 3.28. The number of hydrogen-bond donors (Lipinski definition) is 1. The van der Waals surface area contributed by atoms with Gasteiger partial charge in [-0.25, -0.2) is 9.18 Å². The third-order valence-corrected chi connectivity index (χ3v) is 4.50. The molecule has 2 saturated heterocycles. The number of carbonyl (C=O) groups is 1. The standard InChI is InChI=1S/C16H21FN2O2/c1-12-3-4-13(17)14(9-12)18-15(20)19-7-2-5-16(10-19)6-8-21-11-16/h3-4,9H,2,5-8,10-11H2,1H3,(H,18,20). The molecule has 2 fully saturated rings. The molecule has 0 bridgehead atoms. The van der Waals surface area contributed by atoms with Gasteiger partial charge >= 0.3 is 6.03 Å². The number of benzene rings is 1. The first-order valence-corrected chi connectivity index (χ1v) is 7.48. The second-order valence-corrected chi connectivity index (χ2v) is 6.24. The normalized spacial score (nSPS) is 25.3. The number of hydrogen-bond acceptors (Lipinski definition) is 2. The molecule has 0 aliphatic carbocycles. The molecule has 2 aliphatic heterocycles. The number of nitrogens with zero attached hydrogens (tertiary/aromatic N) is 1. The van der Waals surface area contributed by atoms with Gasteiger partial charge in [-0.2, -0.15) is 0 Å². The molecule has 3 rings (SSSR count). The number of halogens is 1. The van der Waals surface area contributed by atoms with Gasteiger partial charge in [-0.05, 0) is 43.9 Å². The number of rotatable bonds is 1. The SMILES string of the molecule is Cc1ccc(F)c(NC(=O)N2CCCC3(CCOC3)C2)c1. The first kappa shape index (κ1) is 14.3. The molecule has 1 spiro atoms. The zero-order valence-corrected chi connectivity index (χ0v) is 12.3. The van der Waals surface area contributed by atoms with Crippen molar-refractivity contribution in [2.45, 2.75) is 26.2 Å². The Kier molecular flexibility index (Phi) is 3.85. The van der Waals surface area contributed by atoms with Gasteiger partial charge in [-0.1, -0.05) is 6.07 Å². The second kappa shape index (κ2) is 5.64. The van der Waals surface area contributed by atoms with Gasteiger partial charge in [0, 0.05) is 25.1 Å². The predicted molar refractivity (Wildman–Crippen MR) is 78.8 cm³/mol. The van der Waals surface area contributed by atoms with Crippen molar-refractivity contribution >= 4 is 11.7 Å². The van der Waals surface area contributed by atoms with Crippen LogP contribution < -0.4 is 5.32 Å². The number of nitrogens with one attached hydrogen (secondary N) is 1. The maximum absolute atomic E-state index is 13.7. The lowest BCUT2D eigenvalue weighted by molar-refractivity contribution is 0.0867. The van der Waals surface area contributed by atoms with Crippen LogP contribution in [0.25, 0.3) is 0 Å². The minimum atomic E-state index is -0.398. The molecule has 114 valence electrons. The van der Waals surface area contributed by atoms with E-state index in [2.05, 4.69) is 5.32 Å². The van der Waals surface area contributed by atoms with Gasteiger partial charge in [0.2, 0.25) is 0 Å².